The minimum absolute atomic E-state index is 0.308. The van der Waals surface area contributed by atoms with Gasteiger partial charge in [0.05, 0.1) is 0 Å². The van der Waals surface area contributed by atoms with Gasteiger partial charge in [-0.3, -0.25) is 4.79 Å². The number of rotatable bonds is 1. The molecule has 0 aliphatic carbocycles. The van der Waals surface area contributed by atoms with Crippen LogP contribution in [0.4, 0.5) is 0 Å². The Bertz CT molecular complexity index is 262. The molecule has 0 unspecified atom stereocenters. The fourth-order valence-electron chi connectivity index (χ4n) is 0.578. The summed E-state index contributed by atoms with van der Waals surface area (Å²) in [7, 11) is 0. The first kappa shape index (κ1) is 7.15. The number of aldehydes is 1. The molecule has 1 heterocycles. The second kappa shape index (κ2) is 2.75. The molecule has 0 spiro atoms. The average Bonchev–Trinajstić information content (AvgIpc) is 1.88. The minimum atomic E-state index is 0.308. The molecule has 0 N–H and O–H groups in total. The zero-order valence-electron chi connectivity index (χ0n) is 5.34. The van der Waals surface area contributed by atoms with Gasteiger partial charge < -0.3 is 0 Å². The Labute approximate surface area is 63.0 Å². The van der Waals surface area contributed by atoms with Gasteiger partial charge in [0.2, 0.25) is 0 Å². The normalized spacial score (nSPS) is 9.40. The molecule has 4 heteroatoms. The first-order chi connectivity index (χ1) is 4.74. The van der Waals surface area contributed by atoms with E-state index in [0.717, 1.165) is 5.56 Å². The van der Waals surface area contributed by atoms with Gasteiger partial charge in [-0.1, -0.05) is 11.6 Å². The summed E-state index contributed by atoms with van der Waals surface area (Å²) in [5.41, 5.74) is 1.08. The number of nitrogens with zero attached hydrogens (tertiary/aromatic N) is 2. The lowest BCUT2D eigenvalue weighted by atomic mass is 10.2. The highest BCUT2D eigenvalue weighted by molar-refractivity contribution is 6.29. The molecule has 52 valence electrons. The molecule has 0 aliphatic rings. The van der Waals surface area contributed by atoms with Gasteiger partial charge in [-0.25, -0.2) is 0 Å². The van der Waals surface area contributed by atoms with Gasteiger partial charge in [0.15, 0.2) is 11.4 Å². The van der Waals surface area contributed by atoms with Gasteiger partial charge in [0.1, 0.15) is 5.69 Å². The third-order valence-corrected chi connectivity index (χ3v) is 1.29. The molecule has 0 bridgehead atoms. The smallest absolute Gasteiger partial charge is 0.170 e. The summed E-state index contributed by atoms with van der Waals surface area (Å²) in [5.74, 6) is 0. The number of hydrogen-bond donors (Lipinski definition) is 0. The van der Waals surface area contributed by atoms with E-state index >= 15 is 0 Å². The van der Waals surface area contributed by atoms with Gasteiger partial charge in [0.25, 0.3) is 0 Å². The summed E-state index contributed by atoms with van der Waals surface area (Å²) in [5, 5.41) is 7.35. The molecule has 10 heavy (non-hydrogen) atoms. The largest absolute Gasteiger partial charge is 0.296 e. The molecule has 0 aliphatic heterocycles. The van der Waals surface area contributed by atoms with Crippen molar-refractivity contribution in [2.24, 2.45) is 0 Å². The van der Waals surface area contributed by atoms with Crippen molar-refractivity contribution >= 4 is 17.9 Å². The fourth-order valence-corrected chi connectivity index (χ4v) is 0.780. The zero-order chi connectivity index (χ0) is 7.56. The van der Waals surface area contributed by atoms with E-state index < -0.39 is 0 Å². The molecule has 0 atom stereocenters. The Morgan fingerprint density at radius 3 is 2.80 bits per heavy atom. The van der Waals surface area contributed by atoms with Crippen LogP contribution in [0.1, 0.15) is 16.1 Å². The Morgan fingerprint density at radius 1 is 1.60 bits per heavy atom. The lowest BCUT2D eigenvalue weighted by Crippen LogP contribution is -1.94. The van der Waals surface area contributed by atoms with E-state index in [1.54, 1.807) is 13.0 Å². The van der Waals surface area contributed by atoms with Crippen molar-refractivity contribution in [1.82, 2.24) is 10.2 Å². The summed E-state index contributed by atoms with van der Waals surface area (Å²) >= 11 is 5.48. The number of halogens is 1. The van der Waals surface area contributed by atoms with E-state index in [4.69, 9.17) is 11.6 Å². The SMILES string of the molecule is Cc1cc(Cl)nnc1C=O. The molecule has 1 aromatic heterocycles. The third-order valence-electron chi connectivity index (χ3n) is 1.10. The minimum Gasteiger partial charge on any atom is -0.296 e. The van der Waals surface area contributed by atoms with Crippen LogP contribution in [0.25, 0.3) is 0 Å². The second-order valence-corrected chi connectivity index (χ2v) is 2.24. The highest BCUT2D eigenvalue weighted by atomic mass is 35.5. The van der Waals surface area contributed by atoms with E-state index in [2.05, 4.69) is 10.2 Å². The molecular weight excluding hydrogens is 152 g/mol. The van der Waals surface area contributed by atoms with Crippen molar-refractivity contribution in [3.8, 4) is 0 Å². The van der Waals surface area contributed by atoms with E-state index in [9.17, 15) is 4.79 Å². The highest BCUT2D eigenvalue weighted by Crippen LogP contribution is 2.06. The maximum Gasteiger partial charge on any atom is 0.170 e. The number of carbonyl (C=O) groups excluding carboxylic acids is 1. The van der Waals surface area contributed by atoms with Crippen LogP contribution in [0.5, 0.6) is 0 Å². The van der Waals surface area contributed by atoms with Crippen LogP contribution in [0.15, 0.2) is 6.07 Å². The van der Waals surface area contributed by atoms with Crippen LogP contribution in [0, 0.1) is 6.92 Å². The van der Waals surface area contributed by atoms with Crippen LogP contribution < -0.4 is 0 Å². The van der Waals surface area contributed by atoms with Crippen molar-refractivity contribution in [3.05, 3.63) is 22.5 Å². The van der Waals surface area contributed by atoms with Crippen LogP contribution in [-0.4, -0.2) is 16.5 Å². The van der Waals surface area contributed by atoms with Crippen LogP contribution in [0.2, 0.25) is 5.15 Å². The Hall–Kier alpha value is -0.960. The predicted molar refractivity (Wildman–Crippen MR) is 37.2 cm³/mol. The van der Waals surface area contributed by atoms with Gasteiger partial charge >= 0.3 is 0 Å². The van der Waals surface area contributed by atoms with E-state index in [-0.39, 0.29) is 0 Å². The summed E-state index contributed by atoms with van der Waals surface area (Å²) in [6, 6.07) is 1.60. The summed E-state index contributed by atoms with van der Waals surface area (Å²) in [4.78, 5) is 10.2. The standard InChI is InChI=1S/C6H5ClN2O/c1-4-2-6(7)9-8-5(4)3-10/h2-3H,1H3. The average molecular weight is 157 g/mol. The van der Waals surface area contributed by atoms with Crippen molar-refractivity contribution in [2.75, 3.05) is 0 Å². The van der Waals surface area contributed by atoms with Gasteiger partial charge in [-0.15, -0.1) is 10.2 Å². The molecule has 0 amide bonds. The first-order valence-corrected chi connectivity index (χ1v) is 3.07. The molecule has 0 saturated carbocycles. The molecule has 0 fully saturated rings. The molecule has 1 aromatic rings. The molecule has 1 rings (SSSR count). The monoisotopic (exact) mass is 156 g/mol. The first-order valence-electron chi connectivity index (χ1n) is 2.69. The Kier molecular flexibility index (Phi) is 1.97. The van der Waals surface area contributed by atoms with Gasteiger partial charge in [0, 0.05) is 0 Å². The molecular formula is C6H5ClN2O. The van der Waals surface area contributed by atoms with Crippen molar-refractivity contribution in [1.29, 1.82) is 0 Å². The highest BCUT2D eigenvalue weighted by Gasteiger charge is 1.98. The maximum absolute atomic E-state index is 10.2. The van der Waals surface area contributed by atoms with Crippen LogP contribution >= 0.6 is 11.6 Å². The fraction of sp³-hybridized carbons (Fsp3) is 0.167. The van der Waals surface area contributed by atoms with Crippen molar-refractivity contribution in [3.63, 3.8) is 0 Å². The third kappa shape index (κ3) is 1.30. The second-order valence-electron chi connectivity index (χ2n) is 1.85. The van der Waals surface area contributed by atoms with E-state index in [1.807, 2.05) is 0 Å². The van der Waals surface area contributed by atoms with Crippen LogP contribution in [-0.2, 0) is 0 Å². The molecule has 3 nitrogen and oxygen atoms in total. The summed E-state index contributed by atoms with van der Waals surface area (Å²) in [6.07, 6.45) is 0.651. The van der Waals surface area contributed by atoms with Crippen molar-refractivity contribution in [2.45, 2.75) is 6.92 Å². The number of carbonyl (C=O) groups is 1. The molecule has 0 saturated heterocycles. The van der Waals surface area contributed by atoms with Gasteiger partial charge in [-0.05, 0) is 18.6 Å². The summed E-state index contributed by atoms with van der Waals surface area (Å²) in [6.45, 7) is 1.75. The van der Waals surface area contributed by atoms with E-state index in [0.29, 0.717) is 17.1 Å². The van der Waals surface area contributed by atoms with E-state index in [1.165, 1.54) is 0 Å². The molecule has 0 radical (unpaired) electrons. The number of aryl methyl sites for hydroxylation is 1. The lowest BCUT2D eigenvalue weighted by molar-refractivity contribution is 0.111. The lowest BCUT2D eigenvalue weighted by Gasteiger charge is -1.93. The molecule has 0 aromatic carbocycles. The van der Waals surface area contributed by atoms with Gasteiger partial charge in [-0.2, -0.15) is 0 Å². The Balaban J connectivity index is 3.19. The Morgan fingerprint density at radius 2 is 2.30 bits per heavy atom. The number of aromatic nitrogens is 2. The van der Waals surface area contributed by atoms with Crippen molar-refractivity contribution < 1.29 is 4.79 Å². The zero-order valence-corrected chi connectivity index (χ0v) is 6.09. The topological polar surface area (TPSA) is 42.9 Å². The quantitative estimate of drug-likeness (QED) is 0.575. The number of hydrogen-bond acceptors (Lipinski definition) is 3. The van der Waals surface area contributed by atoms with Crippen LogP contribution in [0.3, 0.4) is 0 Å². The summed E-state index contributed by atoms with van der Waals surface area (Å²) < 4.78 is 0. The predicted octanol–water partition coefficient (Wildman–Crippen LogP) is 1.25. The maximum atomic E-state index is 10.2.